The molecule has 3 aromatic rings. The van der Waals surface area contributed by atoms with Gasteiger partial charge in [0.05, 0.1) is 18.1 Å². The molecule has 3 aliphatic rings. The van der Waals surface area contributed by atoms with Crippen molar-refractivity contribution in [3.8, 4) is 5.75 Å². The molecular formula is C30H34N6O3. The van der Waals surface area contributed by atoms with Crippen LogP contribution in [0.25, 0.3) is 0 Å². The number of ether oxygens (including phenoxy) is 1. The number of amides is 2. The Morgan fingerprint density at radius 1 is 1.13 bits per heavy atom. The van der Waals surface area contributed by atoms with Crippen molar-refractivity contribution in [1.29, 1.82) is 0 Å². The molecule has 3 aliphatic heterocycles. The lowest BCUT2D eigenvalue weighted by Gasteiger charge is -2.35. The fraction of sp³-hybridized carbons (Fsp3) is 0.400. The predicted molar refractivity (Wildman–Crippen MR) is 149 cm³/mol. The molecule has 0 saturated carbocycles. The van der Waals surface area contributed by atoms with Crippen LogP contribution in [-0.2, 0) is 21.5 Å². The summed E-state index contributed by atoms with van der Waals surface area (Å²) in [5, 5.41) is 6.17. The Kier molecular flexibility index (Phi) is 6.91. The van der Waals surface area contributed by atoms with Gasteiger partial charge in [-0.25, -0.2) is 9.97 Å². The lowest BCUT2D eigenvalue weighted by Crippen LogP contribution is -2.47. The Hall–Kier alpha value is -3.98. The van der Waals surface area contributed by atoms with Crippen LogP contribution >= 0.6 is 0 Å². The number of hydrogen-bond acceptors (Lipinski definition) is 7. The van der Waals surface area contributed by atoms with E-state index in [0.29, 0.717) is 45.0 Å². The molecule has 2 N–H and O–H groups in total. The Bertz CT molecular complexity index is 1360. The molecule has 2 atom stereocenters. The number of carbonyl (C=O) groups is 2. The quantitative estimate of drug-likeness (QED) is 0.526. The van der Waals surface area contributed by atoms with Gasteiger partial charge in [-0.15, -0.1) is 0 Å². The molecule has 0 aliphatic carbocycles. The standard InChI is InChI=1S/C30H34N6O3/c1-2-12-32-29-33-17-21(18-34-29)19-35-14-11-30-24-9-3-4-10-25(24)36(28(30)38)20-26(37)31-13-6-15-39-23-8-5-7-22(16-23)27(30)35/h3-5,7-10,16-18,27H,2,6,11-15,19-20H2,1H3,(H,31,37)(H,32,33,34)/t27-,30+/m0/s1. The molecule has 0 unspecified atom stereocenters. The molecule has 1 fully saturated rings. The lowest BCUT2D eigenvalue weighted by molar-refractivity contribution is -0.127. The van der Waals surface area contributed by atoms with E-state index >= 15 is 0 Å². The van der Waals surface area contributed by atoms with Gasteiger partial charge < -0.3 is 20.3 Å². The number of para-hydroxylation sites is 1. The summed E-state index contributed by atoms with van der Waals surface area (Å²) < 4.78 is 6.06. The highest BCUT2D eigenvalue weighted by Crippen LogP contribution is 2.57. The van der Waals surface area contributed by atoms with Gasteiger partial charge in [0, 0.05) is 49.8 Å². The number of rotatable bonds is 5. The van der Waals surface area contributed by atoms with Gasteiger partial charge >= 0.3 is 0 Å². The van der Waals surface area contributed by atoms with Gasteiger partial charge in [0.15, 0.2) is 0 Å². The number of benzene rings is 2. The van der Waals surface area contributed by atoms with Crippen molar-refractivity contribution in [1.82, 2.24) is 20.2 Å². The molecule has 0 radical (unpaired) electrons. The first-order chi connectivity index (χ1) is 19.1. The summed E-state index contributed by atoms with van der Waals surface area (Å²) in [6, 6.07) is 15.8. The monoisotopic (exact) mass is 526 g/mol. The molecule has 202 valence electrons. The second-order valence-electron chi connectivity index (χ2n) is 10.5. The van der Waals surface area contributed by atoms with E-state index in [1.807, 2.05) is 42.7 Å². The third kappa shape index (κ3) is 4.61. The van der Waals surface area contributed by atoms with E-state index in [4.69, 9.17) is 4.74 Å². The van der Waals surface area contributed by atoms with Crippen LogP contribution in [0.5, 0.6) is 5.75 Å². The highest BCUT2D eigenvalue weighted by molar-refractivity contribution is 6.11. The first kappa shape index (κ1) is 25.3. The van der Waals surface area contributed by atoms with Crippen LogP contribution in [0.15, 0.2) is 60.9 Å². The van der Waals surface area contributed by atoms with Crippen LogP contribution < -0.4 is 20.3 Å². The maximum absolute atomic E-state index is 14.5. The topological polar surface area (TPSA) is 99.7 Å². The fourth-order valence-electron chi connectivity index (χ4n) is 6.24. The zero-order valence-electron chi connectivity index (χ0n) is 22.2. The lowest BCUT2D eigenvalue weighted by atomic mass is 9.72. The van der Waals surface area contributed by atoms with Gasteiger partial charge in [0.1, 0.15) is 12.3 Å². The molecule has 6 rings (SSSR count). The predicted octanol–water partition coefficient (Wildman–Crippen LogP) is 3.43. The molecule has 1 spiro atoms. The van der Waals surface area contributed by atoms with E-state index in [1.165, 1.54) is 0 Å². The minimum atomic E-state index is -0.816. The third-order valence-electron chi connectivity index (χ3n) is 7.94. The summed E-state index contributed by atoms with van der Waals surface area (Å²) >= 11 is 0. The van der Waals surface area contributed by atoms with Crippen molar-refractivity contribution in [3.63, 3.8) is 0 Å². The van der Waals surface area contributed by atoms with E-state index in [1.54, 1.807) is 4.90 Å². The van der Waals surface area contributed by atoms with Crippen LogP contribution in [0.3, 0.4) is 0 Å². The summed E-state index contributed by atoms with van der Waals surface area (Å²) in [4.78, 5) is 40.4. The van der Waals surface area contributed by atoms with Crippen LogP contribution in [0.4, 0.5) is 11.6 Å². The largest absolute Gasteiger partial charge is 0.494 e. The molecule has 39 heavy (non-hydrogen) atoms. The maximum atomic E-state index is 14.5. The zero-order chi connectivity index (χ0) is 26.8. The van der Waals surface area contributed by atoms with Gasteiger partial charge in [0.2, 0.25) is 17.8 Å². The number of hydrogen-bond donors (Lipinski definition) is 2. The number of anilines is 2. The molecule has 1 aromatic heterocycles. The molecule has 9 heteroatoms. The minimum absolute atomic E-state index is 0.00523. The van der Waals surface area contributed by atoms with Gasteiger partial charge in [-0.3, -0.25) is 14.5 Å². The highest BCUT2D eigenvalue weighted by Gasteiger charge is 2.60. The number of aromatic nitrogens is 2. The molecule has 2 amide bonds. The van der Waals surface area contributed by atoms with Gasteiger partial charge in [-0.2, -0.15) is 0 Å². The van der Waals surface area contributed by atoms with Crippen molar-refractivity contribution >= 4 is 23.5 Å². The average Bonchev–Trinajstić information content (AvgIpc) is 3.44. The summed E-state index contributed by atoms with van der Waals surface area (Å²) in [5.41, 5.74) is 2.99. The van der Waals surface area contributed by atoms with Crippen LogP contribution in [0.1, 0.15) is 48.9 Å². The van der Waals surface area contributed by atoms with Crippen molar-refractivity contribution in [2.75, 3.05) is 43.0 Å². The first-order valence-corrected chi connectivity index (χ1v) is 13.8. The number of nitrogens with zero attached hydrogens (tertiary/aromatic N) is 4. The molecule has 4 heterocycles. The fourth-order valence-corrected chi connectivity index (χ4v) is 6.24. The number of likely N-dealkylation sites (tertiary alicyclic amines) is 1. The maximum Gasteiger partial charge on any atom is 0.240 e. The molecule has 2 aromatic carbocycles. The SMILES string of the molecule is CCCNc1ncc(CN2CC[C@]34C(=O)N(CC(=O)NCCCOc5cccc(c5)[C@H]23)c2ccccc24)cn1. The van der Waals surface area contributed by atoms with Crippen molar-refractivity contribution in [2.24, 2.45) is 0 Å². The van der Waals surface area contributed by atoms with Crippen molar-refractivity contribution in [2.45, 2.75) is 44.2 Å². The molecule has 4 bridgehead atoms. The van der Waals surface area contributed by atoms with Crippen molar-refractivity contribution < 1.29 is 14.3 Å². The smallest absolute Gasteiger partial charge is 0.240 e. The normalized spacial score (nSPS) is 22.9. The number of fused-ring (bicyclic) bond motifs is 6. The van der Waals surface area contributed by atoms with E-state index in [2.05, 4.69) is 50.6 Å². The summed E-state index contributed by atoms with van der Waals surface area (Å²) in [6.07, 6.45) is 6.05. The summed E-state index contributed by atoms with van der Waals surface area (Å²) in [6.45, 7) is 5.25. The van der Waals surface area contributed by atoms with E-state index in [9.17, 15) is 9.59 Å². The van der Waals surface area contributed by atoms with E-state index < -0.39 is 5.41 Å². The highest BCUT2D eigenvalue weighted by atomic mass is 16.5. The average molecular weight is 527 g/mol. The second kappa shape index (κ2) is 10.6. The Morgan fingerprint density at radius 2 is 1.97 bits per heavy atom. The molecule has 1 saturated heterocycles. The van der Waals surface area contributed by atoms with Crippen LogP contribution in [0, 0.1) is 0 Å². The van der Waals surface area contributed by atoms with E-state index in [-0.39, 0.29) is 24.4 Å². The van der Waals surface area contributed by atoms with Crippen LogP contribution in [0.2, 0.25) is 0 Å². The van der Waals surface area contributed by atoms with E-state index in [0.717, 1.165) is 41.1 Å². The van der Waals surface area contributed by atoms with Gasteiger partial charge in [-0.1, -0.05) is 37.3 Å². The second-order valence-corrected chi connectivity index (χ2v) is 10.5. The molecular weight excluding hydrogens is 492 g/mol. The Balaban J connectivity index is 1.43. The number of nitrogens with one attached hydrogen (secondary N) is 2. The van der Waals surface area contributed by atoms with Gasteiger partial charge in [-0.05, 0) is 48.6 Å². The Labute approximate surface area is 228 Å². The summed E-state index contributed by atoms with van der Waals surface area (Å²) in [7, 11) is 0. The number of carbonyl (C=O) groups excluding carboxylic acids is 2. The first-order valence-electron chi connectivity index (χ1n) is 13.8. The summed E-state index contributed by atoms with van der Waals surface area (Å²) in [5.74, 6) is 1.20. The minimum Gasteiger partial charge on any atom is -0.494 e. The van der Waals surface area contributed by atoms with Gasteiger partial charge in [0.25, 0.3) is 0 Å². The Morgan fingerprint density at radius 3 is 2.82 bits per heavy atom. The van der Waals surface area contributed by atoms with Crippen LogP contribution in [-0.4, -0.2) is 59.5 Å². The molecule has 9 nitrogen and oxygen atoms in total. The zero-order valence-corrected chi connectivity index (χ0v) is 22.2. The third-order valence-corrected chi connectivity index (χ3v) is 7.94. The van der Waals surface area contributed by atoms with Crippen molar-refractivity contribution in [3.05, 3.63) is 77.6 Å².